The number of carbonyl (C=O) groups excluding carboxylic acids is 2. The normalized spacial score (nSPS) is 13.1. The Morgan fingerprint density at radius 1 is 1.24 bits per heavy atom. The Bertz CT molecular complexity index is 686. The maximum absolute atomic E-state index is 12.9. The summed E-state index contributed by atoms with van der Waals surface area (Å²) < 4.78 is 17.8. The summed E-state index contributed by atoms with van der Waals surface area (Å²) in [5.74, 6) is -0.791. The predicted octanol–water partition coefficient (Wildman–Crippen LogP) is 2.17. The van der Waals surface area contributed by atoms with Crippen molar-refractivity contribution in [1.29, 1.82) is 0 Å². The molecule has 3 N–H and O–H groups in total. The third-order valence-corrected chi connectivity index (χ3v) is 3.62. The molecule has 0 saturated heterocycles. The van der Waals surface area contributed by atoms with Gasteiger partial charge in [-0.15, -0.1) is 0 Å². The molecule has 1 aromatic heterocycles. The van der Waals surface area contributed by atoms with E-state index in [1.165, 1.54) is 36.6 Å². The van der Waals surface area contributed by atoms with Crippen LogP contribution in [0.15, 0.2) is 47.1 Å². The quantitative estimate of drug-likeness (QED) is 0.682. The molecule has 25 heavy (non-hydrogen) atoms. The first kappa shape index (κ1) is 18.7. The van der Waals surface area contributed by atoms with Crippen LogP contribution in [-0.4, -0.2) is 29.5 Å². The topological polar surface area (TPSA) is 91.6 Å². The lowest BCUT2D eigenvalue weighted by Gasteiger charge is -2.18. The molecule has 0 aliphatic heterocycles. The molecular formula is C18H21FN2O4. The molecule has 0 aliphatic carbocycles. The first-order chi connectivity index (χ1) is 12.0. The molecule has 2 unspecified atom stereocenters. The highest BCUT2D eigenvalue weighted by molar-refractivity contribution is 5.91. The van der Waals surface area contributed by atoms with Gasteiger partial charge in [0.05, 0.1) is 12.4 Å². The van der Waals surface area contributed by atoms with Gasteiger partial charge in [-0.2, -0.15) is 0 Å². The lowest BCUT2D eigenvalue weighted by Crippen LogP contribution is -2.36. The van der Waals surface area contributed by atoms with E-state index in [1.54, 1.807) is 13.0 Å². The molecule has 0 bridgehead atoms. The summed E-state index contributed by atoms with van der Waals surface area (Å²) in [6, 6.07) is 8.46. The lowest BCUT2D eigenvalue weighted by atomic mass is 10.0. The molecule has 7 heteroatoms. The average Bonchev–Trinajstić information content (AvgIpc) is 3.09. The number of hydrogen-bond donors (Lipinski definition) is 3. The van der Waals surface area contributed by atoms with Gasteiger partial charge in [0.2, 0.25) is 5.91 Å². The minimum atomic E-state index is -0.797. The number of rotatable bonds is 8. The highest BCUT2D eigenvalue weighted by atomic mass is 19.1. The fourth-order valence-corrected chi connectivity index (χ4v) is 2.35. The van der Waals surface area contributed by atoms with Crippen LogP contribution in [0.4, 0.5) is 4.39 Å². The molecule has 1 heterocycles. The van der Waals surface area contributed by atoms with Crippen LogP contribution in [0, 0.1) is 5.82 Å². The fraction of sp³-hybridized carbons (Fsp3) is 0.333. The minimum Gasteiger partial charge on any atom is -0.459 e. The van der Waals surface area contributed by atoms with Gasteiger partial charge in [-0.05, 0) is 43.2 Å². The van der Waals surface area contributed by atoms with Gasteiger partial charge in [0.15, 0.2) is 5.76 Å². The Labute approximate surface area is 145 Å². The number of nitrogens with one attached hydrogen (secondary N) is 2. The standard InChI is InChI=1S/C18H21FN2O4/c1-12(11-15(22)13-4-6-14(19)7-5-13)21-17(23)8-9-20-18(24)16-3-2-10-25-16/h2-7,10,12,15,22H,8-9,11H2,1H3,(H,20,24)(H,21,23). The Morgan fingerprint density at radius 3 is 2.60 bits per heavy atom. The molecule has 2 rings (SSSR count). The zero-order valence-electron chi connectivity index (χ0n) is 13.9. The average molecular weight is 348 g/mol. The minimum absolute atomic E-state index is 0.115. The van der Waals surface area contributed by atoms with Crippen LogP contribution in [0.5, 0.6) is 0 Å². The summed E-state index contributed by atoms with van der Waals surface area (Å²) in [7, 11) is 0. The monoisotopic (exact) mass is 348 g/mol. The van der Waals surface area contributed by atoms with E-state index in [4.69, 9.17) is 4.42 Å². The number of furan rings is 1. The smallest absolute Gasteiger partial charge is 0.286 e. The van der Waals surface area contributed by atoms with Crippen molar-refractivity contribution in [2.24, 2.45) is 0 Å². The van der Waals surface area contributed by atoms with Gasteiger partial charge in [0.1, 0.15) is 5.82 Å². The van der Waals surface area contributed by atoms with Crippen molar-refractivity contribution < 1.29 is 23.5 Å². The van der Waals surface area contributed by atoms with Crippen LogP contribution in [0.1, 0.15) is 42.0 Å². The molecule has 0 radical (unpaired) electrons. The van der Waals surface area contributed by atoms with Crippen LogP contribution in [0.2, 0.25) is 0 Å². The molecule has 0 spiro atoms. The third-order valence-electron chi connectivity index (χ3n) is 3.62. The number of aliphatic hydroxyl groups is 1. The van der Waals surface area contributed by atoms with Gasteiger partial charge in [-0.1, -0.05) is 12.1 Å². The summed E-state index contributed by atoms with van der Waals surface area (Å²) in [6.07, 6.45) is 1.02. The zero-order valence-corrected chi connectivity index (χ0v) is 13.9. The lowest BCUT2D eigenvalue weighted by molar-refractivity contribution is -0.121. The first-order valence-corrected chi connectivity index (χ1v) is 8.00. The van der Waals surface area contributed by atoms with Gasteiger partial charge >= 0.3 is 0 Å². The summed E-state index contributed by atoms with van der Waals surface area (Å²) in [5.41, 5.74) is 0.591. The van der Waals surface area contributed by atoms with Crippen LogP contribution in [0.25, 0.3) is 0 Å². The Morgan fingerprint density at radius 2 is 1.96 bits per heavy atom. The molecule has 1 aromatic carbocycles. The van der Waals surface area contributed by atoms with Crippen LogP contribution in [-0.2, 0) is 4.79 Å². The maximum Gasteiger partial charge on any atom is 0.286 e. The molecule has 6 nitrogen and oxygen atoms in total. The zero-order chi connectivity index (χ0) is 18.2. The van der Waals surface area contributed by atoms with E-state index < -0.39 is 6.10 Å². The summed E-state index contributed by atoms with van der Waals surface area (Å²) in [5, 5.41) is 15.4. The first-order valence-electron chi connectivity index (χ1n) is 8.00. The van der Waals surface area contributed by atoms with Gasteiger partial charge in [-0.25, -0.2) is 4.39 Å². The number of aliphatic hydroxyl groups excluding tert-OH is 1. The second-order valence-electron chi connectivity index (χ2n) is 5.75. The second-order valence-corrected chi connectivity index (χ2v) is 5.75. The van der Waals surface area contributed by atoms with E-state index in [0.29, 0.717) is 12.0 Å². The van der Waals surface area contributed by atoms with Crippen molar-refractivity contribution in [2.45, 2.75) is 31.9 Å². The summed E-state index contributed by atoms with van der Waals surface area (Å²) >= 11 is 0. The number of amides is 2. The molecule has 134 valence electrons. The highest BCUT2D eigenvalue weighted by Crippen LogP contribution is 2.18. The number of hydrogen-bond acceptors (Lipinski definition) is 4. The number of benzene rings is 1. The van der Waals surface area contributed by atoms with Crippen LogP contribution < -0.4 is 10.6 Å². The number of halogens is 1. The Kier molecular flexibility index (Phi) is 6.71. The SMILES string of the molecule is CC(CC(O)c1ccc(F)cc1)NC(=O)CCNC(=O)c1ccco1. The van der Waals surface area contributed by atoms with Gasteiger partial charge in [0.25, 0.3) is 5.91 Å². The van der Waals surface area contributed by atoms with Crippen molar-refractivity contribution in [3.63, 3.8) is 0 Å². The largest absolute Gasteiger partial charge is 0.459 e. The van der Waals surface area contributed by atoms with Crippen molar-refractivity contribution in [2.75, 3.05) is 6.54 Å². The van der Waals surface area contributed by atoms with Crippen LogP contribution in [0.3, 0.4) is 0 Å². The van der Waals surface area contributed by atoms with Crippen molar-refractivity contribution >= 4 is 11.8 Å². The molecule has 0 fully saturated rings. The molecule has 0 saturated carbocycles. The van der Waals surface area contributed by atoms with Gasteiger partial charge < -0.3 is 20.2 Å². The Hall–Kier alpha value is -2.67. The number of carbonyl (C=O) groups is 2. The van der Waals surface area contributed by atoms with E-state index in [1.807, 2.05) is 0 Å². The van der Waals surface area contributed by atoms with E-state index in [-0.39, 0.29) is 42.4 Å². The second kappa shape index (κ2) is 8.98. The van der Waals surface area contributed by atoms with Gasteiger partial charge in [-0.3, -0.25) is 9.59 Å². The van der Waals surface area contributed by atoms with Crippen molar-refractivity contribution in [3.8, 4) is 0 Å². The Balaban J connectivity index is 1.69. The van der Waals surface area contributed by atoms with Crippen molar-refractivity contribution in [1.82, 2.24) is 10.6 Å². The van der Waals surface area contributed by atoms with Gasteiger partial charge in [0, 0.05) is 19.0 Å². The molecule has 2 amide bonds. The maximum atomic E-state index is 12.9. The van der Waals surface area contributed by atoms with Crippen LogP contribution >= 0.6 is 0 Å². The highest BCUT2D eigenvalue weighted by Gasteiger charge is 2.15. The summed E-state index contributed by atoms with van der Waals surface area (Å²) in [6.45, 7) is 1.95. The fourth-order valence-electron chi connectivity index (χ4n) is 2.35. The summed E-state index contributed by atoms with van der Waals surface area (Å²) in [4.78, 5) is 23.5. The third kappa shape index (κ3) is 6.04. The van der Waals surface area contributed by atoms with E-state index >= 15 is 0 Å². The van der Waals surface area contributed by atoms with E-state index in [0.717, 1.165) is 0 Å². The van der Waals surface area contributed by atoms with E-state index in [9.17, 15) is 19.1 Å². The molecule has 2 atom stereocenters. The van der Waals surface area contributed by atoms with Crippen molar-refractivity contribution in [3.05, 3.63) is 59.8 Å². The molecule has 2 aromatic rings. The predicted molar refractivity (Wildman–Crippen MR) is 89.2 cm³/mol. The molecule has 0 aliphatic rings. The van der Waals surface area contributed by atoms with E-state index in [2.05, 4.69) is 10.6 Å². The molecular weight excluding hydrogens is 327 g/mol.